The van der Waals surface area contributed by atoms with Gasteiger partial charge in [0.15, 0.2) is 0 Å². The van der Waals surface area contributed by atoms with Crippen molar-refractivity contribution in [2.75, 3.05) is 7.11 Å². The van der Waals surface area contributed by atoms with Crippen molar-refractivity contribution in [2.45, 2.75) is 20.3 Å². The fourth-order valence-corrected chi connectivity index (χ4v) is 2.56. The van der Waals surface area contributed by atoms with Crippen LogP contribution in [0.1, 0.15) is 18.1 Å². The molecule has 0 aliphatic heterocycles. The van der Waals surface area contributed by atoms with Crippen LogP contribution in [-0.4, -0.2) is 38.3 Å². The summed E-state index contributed by atoms with van der Waals surface area (Å²) in [4.78, 5) is 12.3. The predicted molar refractivity (Wildman–Crippen MR) is 96.9 cm³/mol. The van der Waals surface area contributed by atoms with Gasteiger partial charge in [0.2, 0.25) is 0 Å². The highest BCUT2D eigenvalue weighted by Gasteiger charge is 2.15. The van der Waals surface area contributed by atoms with E-state index < -0.39 is 5.97 Å². The molecule has 0 aliphatic carbocycles. The molecule has 0 atom stereocenters. The molecular weight excluding hydrogens is 334 g/mol. The number of phenols is 1. The molecule has 0 spiro atoms. The maximum atomic E-state index is 11.0. The van der Waals surface area contributed by atoms with Crippen LogP contribution in [0, 0.1) is 6.92 Å². The average Bonchev–Trinajstić information content (AvgIpc) is 3.03. The van der Waals surface area contributed by atoms with Crippen molar-refractivity contribution in [3.8, 4) is 17.2 Å². The second-order valence-electron chi connectivity index (χ2n) is 6.03. The number of methoxy groups -OCH3 is 1. The third-order valence-corrected chi connectivity index (χ3v) is 4.09. The summed E-state index contributed by atoms with van der Waals surface area (Å²) >= 11 is 0. The molecule has 0 saturated heterocycles. The number of aliphatic carboxylic acids is 1. The van der Waals surface area contributed by atoms with Gasteiger partial charge in [-0.1, -0.05) is 12.1 Å². The van der Waals surface area contributed by atoms with Gasteiger partial charge < -0.3 is 14.9 Å². The Kier molecular flexibility index (Phi) is 4.62. The Morgan fingerprint density at radius 3 is 2.65 bits per heavy atom. The Morgan fingerprint density at radius 2 is 1.96 bits per heavy atom. The molecule has 0 aliphatic rings. The zero-order valence-corrected chi connectivity index (χ0v) is 14.7. The SMILES string of the molecule is COc1cc(C/C=C(\C)C(=O)O)c(O)c(-n2nc3ccc(C)cc3n2)c1. The summed E-state index contributed by atoms with van der Waals surface area (Å²) in [5.41, 5.74) is 3.59. The van der Waals surface area contributed by atoms with Crippen LogP contribution in [0.3, 0.4) is 0 Å². The number of fused-ring (bicyclic) bond motifs is 1. The van der Waals surface area contributed by atoms with E-state index in [1.54, 1.807) is 12.1 Å². The average molecular weight is 353 g/mol. The number of carboxylic acids is 1. The lowest BCUT2D eigenvalue weighted by Gasteiger charge is -2.11. The summed E-state index contributed by atoms with van der Waals surface area (Å²) in [6, 6.07) is 9.02. The number of aromatic hydroxyl groups is 1. The fraction of sp³-hybridized carbons (Fsp3) is 0.211. The molecule has 0 bridgehead atoms. The third-order valence-electron chi connectivity index (χ3n) is 4.09. The smallest absolute Gasteiger partial charge is 0.330 e. The van der Waals surface area contributed by atoms with Crippen LogP contribution in [-0.2, 0) is 11.2 Å². The summed E-state index contributed by atoms with van der Waals surface area (Å²) in [6.07, 6.45) is 1.78. The van der Waals surface area contributed by atoms with Gasteiger partial charge >= 0.3 is 5.97 Å². The van der Waals surface area contributed by atoms with Gasteiger partial charge in [-0.15, -0.1) is 15.0 Å². The van der Waals surface area contributed by atoms with Crippen molar-refractivity contribution < 1.29 is 19.7 Å². The standard InChI is InChI=1S/C19H19N3O4/c1-11-4-7-15-16(8-11)21-22(20-15)17-10-14(26-3)9-13(18(17)23)6-5-12(2)19(24)25/h4-5,7-10,23H,6H2,1-3H3,(H,24,25)/b12-5+. The van der Waals surface area contributed by atoms with Crippen LogP contribution >= 0.6 is 0 Å². The number of hydrogen-bond donors (Lipinski definition) is 2. The van der Waals surface area contributed by atoms with Gasteiger partial charge in [0.1, 0.15) is 28.2 Å². The molecule has 7 nitrogen and oxygen atoms in total. The first kappa shape index (κ1) is 17.5. The monoisotopic (exact) mass is 353 g/mol. The van der Waals surface area contributed by atoms with Crippen LogP contribution in [0.5, 0.6) is 11.5 Å². The van der Waals surface area contributed by atoms with Crippen LogP contribution in [0.25, 0.3) is 16.7 Å². The summed E-state index contributed by atoms with van der Waals surface area (Å²) in [7, 11) is 1.52. The van der Waals surface area contributed by atoms with Crippen molar-refractivity contribution in [1.29, 1.82) is 0 Å². The van der Waals surface area contributed by atoms with Crippen LogP contribution in [0.2, 0.25) is 0 Å². The largest absolute Gasteiger partial charge is 0.505 e. The maximum Gasteiger partial charge on any atom is 0.330 e. The molecule has 0 saturated carbocycles. The second kappa shape index (κ2) is 6.87. The number of phenolic OH excluding ortho intramolecular Hbond substituents is 1. The number of aryl methyl sites for hydroxylation is 1. The third kappa shape index (κ3) is 3.37. The minimum Gasteiger partial charge on any atom is -0.505 e. The van der Waals surface area contributed by atoms with E-state index in [-0.39, 0.29) is 17.7 Å². The minimum atomic E-state index is -0.997. The molecule has 0 radical (unpaired) electrons. The Morgan fingerprint density at radius 1 is 1.23 bits per heavy atom. The molecule has 1 aromatic heterocycles. The maximum absolute atomic E-state index is 11.0. The zero-order chi connectivity index (χ0) is 18.8. The molecule has 3 aromatic rings. The van der Waals surface area contributed by atoms with Gasteiger partial charge in [0.05, 0.1) is 7.11 Å². The molecule has 7 heteroatoms. The Bertz CT molecular complexity index is 1020. The molecule has 0 amide bonds. The number of carbonyl (C=O) groups is 1. The lowest BCUT2D eigenvalue weighted by Crippen LogP contribution is -2.02. The van der Waals surface area contributed by atoms with Gasteiger partial charge in [0, 0.05) is 17.2 Å². The highest BCUT2D eigenvalue weighted by Crippen LogP contribution is 2.32. The van der Waals surface area contributed by atoms with Crippen LogP contribution < -0.4 is 4.74 Å². The summed E-state index contributed by atoms with van der Waals surface area (Å²) in [6.45, 7) is 3.47. The fourth-order valence-electron chi connectivity index (χ4n) is 2.56. The number of carboxylic acid groups (broad SMARTS) is 1. The topological polar surface area (TPSA) is 97.5 Å². The van der Waals surface area contributed by atoms with Gasteiger partial charge in [-0.25, -0.2) is 4.79 Å². The number of benzene rings is 2. The highest BCUT2D eigenvalue weighted by atomic mass is 16.5. The van der Waals surface area contributed by atoms with Crippen LogP contribution in [0.4, 0.5) is 0 Å². The van der Waals surface area contributed by atoms with Crippen molar-refractivity contribution in [1.82, 2.24) is 15.0 Å². The van der Waals surface area contributed by atoms with Gasteiger partial charge in [-0.05, 0) is 44.0 Å². The Balaban J connectivity index is 2.09. The highest BCUT2D eigenvalue weighted by molar-refractivity contribution is 5.85. The quantitative estimate of drug-likeness (QED) is 0.684. The molecule has 3 rings (SSSR count). The van der Waals surface area contributed by atoms with E-state index in [2.05, 4.69) is 10.2 Å². The normalized spacial score (nSPS) is 11.7. The molecule has 0 fully saturated rings. The van der Waals surface area contributed by atoms with Gasteiger partial charge in [0.25, 0.3) is 0 Å². The number of ether oxygens (including phenoxy) is 1. The first-order valence-electron chi connectivity index (χ1n) is 8.03. The van der Waals surface area contributed by atoms with E-state index in [9.17, 15) is 9.90 Å². The van der Waals surface area contributed by atoms with E-state index in [1.807, 2.05) is 25.1 Å². The molecule has 134 valence electrons. The van der Waals surface area contributed by atoms with Crippen molar-refractivity contribution in [2.24, 2.45) is 0 Å². The zero-order valence-electron chi connectivity index (χ0n) is 14.7. The first-order chi connectivity index (χ1) is 12.4. The minimum absolute atomic E-state index is 0.0164. The number of nitrogens with zero attached hydrogens (tertiary/aromatic N) is 3. The molecular formula is C19H19N3O4. The van der Waals surface area contributed by atoms with E-state index in [0.29, 0.717) is 22.5 Å². The molecule has 2 aromatic carbocycles. The van der Waals surface area contributed by atoms with Gasteiger partial charge in [-0.2, -0.15) is 0 Å². The Labute approximate surface area is 150 Å². The number of aromatic nitrogens is 3. The number of allylic oxidation sites excluding steroid dienone is 1. The Hall–Kier alpha value is -3.35. The van der Waals surface area contributed by atoms with Crippen molar-refractivity contribution in [3.05, 3.63) is 53.1 Å². The molecule has 2 N–H and O–H groups in total. The van der Waals surface area contributed by atoms with Gasteiger partial charge in [-0.3, -0.25) is 0 Å². The summed E-state index contributed by atoms with van der Waals surface area (Å²) in [5, 5.41) is 28.5. The lowest BCUT2D eigenvalue weighted by molar-refractivity contribution is -0.132. The predicted octanol–water partition coefficient (Wildman–Crippen LogP) is 3.02. The van der Waals surface area contributed by atoms with E-state index >= 15 is 0 Å². The molecule has 26 heavy (non-hydrogen) atoms. The summed E-state index contributed by atoms with van der Waals surface area (Å²) < 4.78 is 5.30. The van der Waals surface area contributed by atoms with E-state index in [4.69, 9.17) is 9.84 Å². The van der Waals surface area contributed by atoms with Crippen LogP contribution in [0.15, 0.2) is 42.0 Å². The van der Waals surface area contributed by atoms with E-state index in [0.717, 1.165) is 11.1 Å². The summed E-state index contributed by atoms with van der Waals surface area (Å²) in [5.74, 6) is -0.494. The number of hydrogen-bond acceptors (Lipinski definition) is 5. The van der Waals surface area contributed by atoms with E-state index in [1.165, 1.54) is 24.9 Å². The second-order valence-corrected chi connectivity index (χ2v) is 6.03. The lowest BCUT2D eigenvalue weighted by atomic mass is 10.1. The van der Waals surface area contributed by atoms with Crippen molar-refractivity contribution >= 4 is 17.0 Å². The molecule has 1 heterocycles. The molecule has 0 unspecified atom stereocenters. The van der Waals surface area contributed by atoms with Crippen molar-refractivity contribution in [3.63, 3.8) is 0 Å². The first-order valence-corrected chi connectivity index (χ1v) is 8.03. The number of rotatable bonds is 5.